The lowest BCUT2D eigenvalue weighted by atomic mass is 10.2. The molecule has 0 saturated carbocycles. The Morgan fingerprint density at radius 2 is 2.09 bits per heavy atom. The minimum Gasteiger partial charge on any atom is -0.496 e. The van der Waals surface area contributed by atoms with Gasteiger partial charge in [0.15, 0.2) is 5.11 Å². The zero-order valence-electron chi connectivity index (χ0n) is 12.4. The van der Waals surface area contributed by atoms with Crippen molar-refractivity contribution in [1.29, 1.82) is 0 Å². The molecule has 0 radical (unpaired) electrons. The quantitative estimate of drug-likeness (QED) is 0.488. The van der Waals surface area contributed by atoms with E-state index in [0.29, 0.717) is 22.0 Å². The topological polar surface area (TPSA) is 50.4 Å². The van der Waals surface area contributed by atoms with Gasteiger partial charge in [-0.2, -0.15) is 0 Å². The van der Waals surface area contributed by atoms with Crippen molar-refractivity contribution in [3.05, 3.63) is 59.7 Å². The van der Waals surface area contributed by atoms with Crippen molar-refractivity contribution in [3.63, 3.8) is 0 Å². The molecule has 1 aromatic rings. The molecule has 2 N–H and O–H groups in total. The van der Waals surface area contributed by atoms with Gasteiger partial charge < -0.3 is 10.1 Å². The van der Waals surface area contributed by atoms with E-state index in [-0.39, 0.29) is 11.0 Å². The number of carbonyl (C=O) groups is 1. The second-order valence-electron chi connectivity index (χ2n) is 4.26. The fourth-order valence-electron chi connectivity index (χ4n) is 1.64. The Bertz CT molecular complexity index is 654. The molecule has 0 unspecified atom stereocenters. The lowest BCUT2D eigenvalue weighted by Gasteiger charge is -2.13. The molecule has 0 heterocycles. The van der Waals surface area contributed by atoms with Crippen LogP contribution in [0, 0.1) is 6.92 Å². The summed E-state index contributed by atoms with van der Waals surface area (Å²) in [6.07, 6.45) is 4.46. The maximum atomic E-state index is 11.9. The molecule has 1 aromatic carbocycles. The molecule has 0 aliphatic carbocycles. The number of thiocarbonyl (C=S) groups is 1. The number of nitrogens with one attached hydrogen (secondary N) is 2. The van der Waals surface area contributed by atoms with Crippen LogP contribution in [0.2, 0.25) is 5.02 Å². The molecule has 0 atom stereocenters. The highest BCUT2D eigenvalue weighted by Gasteiger charge is 2.10. The van der Waals surface area contributed by atoms with Crippen molar-refractivity contribution in [2.45, 2.75) is 6.92 Å². The fourth-order valence-corrected chi connectivity index (χ4v) is 2.06. The summed E-state index contributed by atoms with van der Waals surface area (Å²) in [6.45, 7) is 8.94. The molecular weight excluding hydrogens is 320 g/mol. The minimum absolute atomic E-state index is 0.142. The highest BCUT2D eigenvalue weighted by Crippen LogP contribution is 2.29. The van der Waals surface area contributed by atoms with Crippen molar-refractivity contribution in [2.24, 2.45) is 0 Å². The van der Waals surface area contributed by atoms with E-state index in [2.05, 4.69) is 23.8 Å². The molecule has 0 spiro atoms. The van der Waals surface area contributed by atoms with Crippen LogP contribution in [-0.2, 0) is 4.79 Å². The van der Waals surface area contributed by atoms with E-state index in [1.165, 1.54) is 18.2 Å². The average Bonchev–Trinajstić information content (AvgIpc) is 2.47. The van der Waals surface area contributed by atoms with Crippen LogP contribution in [0.15, 0.2) is 49.1 Å². The Hall–Kier alpha value is -2.11. The molecular formula is C16H17ClN2O2S. The van der Waals surface area contributed by atoms with E-state index in [4.69, 9.17) is 28.6 Å². The number of anilines is 1. The summed E-state index contributed by atoms with van der Waals surface area (Å²) in [7, 11) is 1.55. The molecule has 0 saturated heterocycles. The van der Waals surface area contributed by atoms with Gasteiger partial charge in [0.05, 0.1) is 7.11 Å². The van der Waals surface area contributed by atoms with Gasteiger partial charge in [-0.05, 0) is 25.2 Å². The number of hydrogen-bond donors (Lipinski definition) is 2. The van der Waals surface area contributed by atoms with E-state index in [1.54, 1.807) is 19.2 Å². The van der Waals surface area contributed by atoms with Crippen LogP contribution in [-0.4, -0.2) is 18.1 Å². The van der Waals surface area contributed by atoms with Crippen LogP contribution in [0.1, 0.15) is 5.56 Å². The minimum atomic E-state index is -0.377. The van der Waals surface area contributed by atoms with Crippen LogP contribution in [0.5, 0.6) is 5.75 Å². The number of halogens is 1. The number of methoxy groups -OCH3 is 1. The molecule has 1 amide bonds. The van der Waals surface area contributed by atoms with Crippen molar-refractivity contribution in [3.8, 4) is 5.75 Å². The van der Waals surface area contributed by atoms with Crippen LogP contribution in [0.25, 0.3) is 0 Å². The number of ether oxygens (including phenoxy) is 1. The molecule has 0 aromatic heterocycles. The van der Waals surface area contributed by atoms with E-state index >= 15 is 0 Å². The Kier molecular flexibility index (Phi) is 6.82. The standard InChI is InChI=1S/C16H17ClN2O2S/c1-5-7-11(6-2)15(20)19-16(22)18-12-8-13(17)10(3)14(9-12)21-4/h5-9H,1-2H2,3-4H3,(H2,18,19,20,22)/b11-7+. The Balaban J connectivity index is 2.84. The summed E-state index contributed by atoms with van der Waals surface area (Å²) in [5.74, 6) is 0.250. The van der Waals surface area contributed by atoms with Gasteiger partial charge in [-0.3, -0.25) is 10.1 Å². The van der Waals surface area contributed by atoms with Crippen LogP contribution in [0.3, 0.4) is 0 Å². The van der Waals surface area contributed by atoms with Gasteiger partial charge in [-0.25, -0.2) is 0 Å². The molecule has 0 fully saturated rings. The van der Waals surface area contributed by atoms with E-state index in [0.717, 1.165) is 5.56 Å². The average molecular weight is 337 g/mol. The van der Waals surface area contributed by atoms with Gasteiger partial charge in [0.25, 0.3) is 5.91 Å². The Labute approximate surface area is 140 Å². The number of rotatable bonds is 5. The molecule has 22 heavy (non-hydrogen) atoms. The monoisotopic (exact) mass is 336 g/mol. The second kappa shape index (κ2) is 8.36. The van der Waals surface area contributed by atoms with Crippen molar-refractivity contribution in [2.75, 3.05) is 12.4 Å². The first-order valence-corrected chi connectivity index (χ1v) is 7.13. The van der Waals surface area contributed by atoms with Crippen molar-refractivity contribution >= 4 is 40.5 Å². The summed E-state index contributed by atoms with van der Waals surface area (Å²) in [4.78, 5) is 11.9. The molecule has 116 valence electrons. The predicted molar refractivity (Wildman–Crippen MR) is 95.6 cm³/mol. The smallest absolute Gasteiger partial charge is 0.257 e. The van der Waals surface area contributed by atoms with Gasteiger partial charge in [0.1, 0.15) is 5.75 Å². The number of benzene rings is 1. The first-order chi connectivity index (χ1) is 10.4. The van der Waals surface area contributed by atoms with Gasteiger partial charge in [0, 0.05) is 27.9 Å². The van der Waals surface area contributed by atoms with Gasteiger partial charge in [0.2, 0.25) is 0 Å². The van der Waals surface area contributed by atoms with Crippen LogP contribution >= 0.6 is 23.8 Å². The Morgan fingerprint density at radius 3 is 2.64 bits per heavy atom. The summed E-state index contributed by atoms with van der Waals surface area (Å²) >= 11 is 11.2. The number of carbonyl (C=O) groups excluding carboxylic acids is 1. The first-order valence-electron chi connectivity index (χ1n) is 6.34. The summed E-state index contributed by atoms with van der Waals surface area (Å²) in [6, 6.07) is 3.44. The third-order valence-electron chi connectivity index (χ3n) is 2.78. The zero-order valence-corrected chi connectivity index (χ0v) is 14.0. The molecule has 4 nitrogen and oxygen atoms in total. The van der Waals surface area contributed by atoms with Crippen LogP contribution < -0.4 is 15.4 Å². The largest absolute Gasteiger partial charge is 0.496 e. The Morgan fingerprint density at radius 1 is 1.41 bits per heavy atom. The normalized spacial score (nSPS) is 10.6. The van der Waals surface area contributed by atoms with Crippen molar-refractivity contribution < 1.29 is 9.53 Å². The zero-order chi connectivity index (χ0) is 16.7. The third kappa shape index (κ3) is 4.72. The molecule has 0 aliphatic heterocycles. The van der Waals surface area contributed by atoms with Gasteiger partial charge >= 0.3 is 0 Å². The predicted octanol–water partition coefficient (Wildman–Crippen LogP) is 3.77. The SMILES string of the molecule is C=C/C=C(\C=C)C(=O)NC(=S)Nc1cc(Cl)c(C)c(OC)c1. The number of amides is 1. The maximum Gasteiger partial charge on any atom is 0.257 e. The number of allylic oxidation sites excluding steroid dienone is 2. The van der Waals surface area contributed by atoms with Crippen molar-refractivity contribution in [1.82, 2.24) is 5.32 Å². The highest BCUT2D eigenvalue weighted by atomic mass is 35.5. The summed E-state index contributed by atoms with van der Waals surface area (Å²) in [5.41, 5.74) is 1.80. The molecule has 0 aliphatic rings. The highest BCUT2D eigenvalue weighted by molar-refractivity contribution is 7.80. The summed E-state index contributed by atoms with van der Waals surface area (Å²) < 4.78 is 5.23. The fraction of sp³-hybridized carbons (Fsp3) is 0.125. The maximum absolute atomic E-state index is 11.9. The summed E-state index contributed by atoms with van der Waals surface area (Å²) in [5, 5.41) is 6.11. The van der Waals surface area contributed by atoms with Crippen LogP contribution in [0.4, 0.5) is 5.69 Å². The third-order valence-corrected chi connectivity index (χ3v) is 3.38. The lowest BCUT2D eigenvalue weighted by Crippen LogP contribution is -2.34. The van der Waals surface area contributed by atoms with Gasteiger partial charge in [-0.15, -0.1) is 0 Å². The second-order valence-corrected chi connectivity index (χ2v) is 5.07. The number of hydrogen-bond acceptors (Lipinski definition) is 3. The molecule has 1 rings (SSSR count). The molecule has 0 bridgehead atoms. The first kappa shape index (κ1) is 17.9. The van der Waals surface area contributed by atoms with E-state index in [1.807, 2.05) is 6.92 Å². The van der Waals surface area contributed by atoms with E-state index in [9.17, 15) is 4.79 Å². The van der Waals surface area contributed by atoms with E-state index < -0.39 is 0 Å². The lowest BCUT2D eigenvalue weighted by molar-refractivity contribution is -0.115. The van der Waals surface area contributed by atoms with Gasteiger partial charge in [-0.1, -0.05) is 43.0 Å². The molecule has 6 heteroatoms.